The molecule has 0 heterocycles. The van der Waals surface area contributed by atoms with Gasteiger partial charge in [-0.3, -0.25) is 4.79 Å². The van der Waals surface area contributed by atoms with Gasteiger partial charge in [0, 0.05) is 12.1 Å². The largest absolute Gasteiger partial charge is 0.507 e. The number of hydrogen-bond acceptors (Lipinski definition) is 3. The summed E-state index contributed by atoms with van der Waals surface area (Å²) in [6, 6.07) is 3.49. The molecule has 1 aromatic rings. The summed E-state index contributed by atoms with van der Waals surface area (Å²) in [5.74, 6) is 0.105. The average molecular weight is 193 g/mol. The Morgan fingerprint density at radius 1 is 1.43 bits per heavy atom. The lowest BCUT2D eigenvalue weighted by Gasteiger charge is -2.14. The number of aromatic hydroxyl groups is 1. The SMILES string of the molecule is Cc1ccc(C=O)c(O)c1CN(C)C. The number of phenolic OH excluding ortho intramolecular Hbond substituents is 1. The van der Waals surface area contributed by atoms with Gasteiger partial charge in [-0.25, -0.2) is 0 Å². The van der Waals surface area contributed by atoms with Crippen molar-refractivity contribution in [3.63, 3.8) is 0 Å². The van der Waals surface area contributed by atoms with Crippen molar-refractivity contribution < 1.29 is 9.90 Å². The van der Waals surface area contributed by atoms with Crippen LogP contribution in [-0.2, 0) is 6.54 Å². The highest BCUT2D eigenvalue weighted by atomic mass is 16.3. The van der Waals surface area contributed by atoms with Crippen LogP contribution in [0.5, 0.6) is 5.75 Å². The highest BCUT2D eigenvalue weighted by Gasteiger charge is 2.10. The molecule has 14 heavy (non-hydrogen) atoms. The third-order valence-electron chi connectivity index (χ3n) is 2.15. The van der Waals surface area contributed by atoms with E-state index in [4.69, 9.17) is 0 Å². The van der Waals surface area contributed by atoms with E-state index in [1.807, 2.05) is 32.0 Å². The van der Waals surface area contributed by atoms with Gasteiger partial charge in [-0.05, 0) is 32.6 Å². The van der Waals surface area contributed by atoms with Gasteiger partial charge < -0.3 is 10.0 Å². The van der Waals surface area contributed by atoms with Gasteiger partial charge in [0.15, 0.2) is 6.29 Å². The molecule has 0 saturated heterocycles. The van der Waals surface area contributed by atoms with Crippen molar-refractivity contribution in [1.82, 2.24) is 4.90 Å². The summed E-state index contributed by atoms with van der Waals surface area (Å²) < 4.78 is 0. The van der Waals surface area contributed by atoms with Crippen molar-refractivity contribution in [2.75, 3.05) is 14.1 Å². The van der Waals surface area contributed by atoms with E-state index < -0.39 is 0 Å². The molecule has 1 N–H and O–H groups in total. The quantitative estimate of drug-likeness (QED) is 0.741. The first-order chi connectivity index (χ1) is 6.56. The summed E-state index contributed by atoms with van der Waals surface area (Å²) in [4.78, 5) is 12.6. The number of aldehydes is 1. The Morgan fingerprint density at radius 3 is 2.57 bits per heavy atom. The molecular weight excluding hydrogens is 178 g/mol. The molecule has 0 aromatic heterocycles. The van der Waals surface area contributed by atoms with Crippen molar-refractivity contribution >= 4 is 6.29 Å². The van der Waals surface area contributed by atoms with Crippen molar-refractivity contribution in [2.24, 2.45) is 0 Å². The Labute approximate surface area is 84.0 Å². The molecule has 0 amide bonds. The molecule has 0 atom stereocenters. The van der Waals surface area contributed by atoms with E-state index in [1.54, 1.807) is 6.07 Å². The van der Waals surface area contributed by atoms with Crippen LogP contribution in [0.3, 0.4) is 0 Å². The first-order valence-corrected chi connectivity index (χ1v) is 4.47. The smallest absolute Gasteiger partial charge is 0.153 e. The van der Waals surface area contributed by atoms with Crippen LogP contribution < -0.4 is 0 Å². The Bertz CT molecular complexity index is 345. The minimum atomic E-state index is 0.105. The highest BCUT2D eigenvalue weighted by molar-refractivity contribution is 5.80. The molecule has 0 radical (unpaired) electrons. The van der Waals surface area contributed by atoms with Crippen LogP contribution >= 0.6 is 0 Å². The number of carbonyl (C=O) groups excluding carboxylic acids is 1. The number of carbonyl (C=O) groups is 1. The van der Waals surface area contributed by atoms with Gasteiger partial charge in [0.05, 0.1) is 5.56 Å². The summed E-state index contributed by atoms with van der Waals surface area (Å²) in [7, 11) is 3.85. The number of phenols is 1. The Kier molecular flexibility index (Phi) is 3.25. The minimum Gasteiger partial charge on any atom is -0.507 e. The number of hydrogen-bond donors (Lipinski definition) is 1. The lowest BCUT2D eigenvalue weighted by atomic mass is 10.0. The zero-order valence-corrected chi connectivity index (χ0v) is 8.74. The Morgan fingerprint density at radius 2 is 2.07 bits per heavy atom. The topological polar surface area (TPSA) is 40.5 Å². The zero-order chi connectivity index (χ0) is 10.7. The summed E-state index contributed by atoms with van der Waals surface area (Å²) in [6.45, 7) is 2.56. The molecule has 0 spiro atoms. The molecule has 1 rings (SSSR count). The van der Waals surface area contributed by atoms with Crippen LogP contribution in [0.1, 0.15) is 21.5 Å². The first kappa shape index (κ1) is 10.7. The molecule has 1 aromatic carbocycles. The fourth-order valence-electron chi connectivity index (χ4n) is 1.37. The fraction of sp³-hybridized carbons (Fsp3) is 0.364. The van der Waals surface area contributed by atoms with Crippen LogP contribution in [-0.4, -0.2) is 30.4 Å². The number of nitrogens with zero attached hydrogens (tertiary/aromatic N) is 1. The van der Waals surface area contributed by atoms with Crippen molar-refractivity contribution in [2.45, 2.75) is 13.5 Å². The molecule has 0 aliphatic heterocycles. The predicted octanol–water partition coefficient (Wildman–Crippen LogP) is 1.57. The lowest BCUT2D eigenvalue weighted by Crippen LogP contribution is -2.12. The molecule has 0 bridgehead atoms. The fourth-order valence-corrected chi connectivity index (χ4v) is 1.37. The summed E-state index contributed by atoms with van der Waals surface area (Å²) in [6.07, 6.45) is 0.675. The van der Waals surface area contributed by atoms with Crippen LogP contribution in [0.15, 0.2) is 12.1 Å². The van der Waals surface area contributed by atoms with E-state index in [0.29, 0.717) is 18.4 Å². The predicted molar refractivity (Wildman–Crippen MR) is 55.6 cm³/mol. The lowest BCUT2D eigenvalue weighted by molar-refractivity contribution is 0.112. The second-order valence-electron chi connectivity index (χ2n) is 3.65. The van der Waals surface area contributed by atoms with Crippen LogP contribution in [0.25, 0.3) is 0 Å². The van der Waals surface area contributed by atoms with Gasteiger partial charge in [-0.2, -0.15) is 0 Å². The third kappa shape index (κ3) is 2.12. The molecule has 0 saturated carbocycles. The molecule has 0 fully saturated rings. The normalized spacial score (nSPS) is 10.6. The molecule has 3 heteroatoms. The maximum absolute atomic E-state index is 10.6. The van der Waals surface area contributed by atoms with Gasteiger partial charge >= 0.3 is 0 Å². The van der Waals surface area contributed by atoms with Crippen molar-refractivity contribution in [3.8, 4) is 5.75 Å². The zero-order valence-electron chi connectivity index (χ0n) is 8.74. The van der Waals surface area contributed by atoms with Crippen LogP contribution in [0.2, 0.25) is 0 Å². The second kappa shape index (κ2) is 4.24. The molecule has 0 unspecified atom stereocenters. The highest BCUT2D eigenvalue weighted by Crippen LogP contribution is 2.25. The van der Waals surface area contributed by atoms with Gasteiger partial charge in [0.2, 0.25) is 0 Å². The molecule has 0 aliphatic rings. The number of rotatable bonds is 3. The van der Waals surface area contributed by atoms with Gasteiger partial charge in [0.1, 0.15) is 5.75 Å². The van der Waals surface area contributed by atoms with E-state index in [2.05, 4.69) is 0 Å². The van der Waals surface area contributed by atoms with E-state index in [-0.39, 0.29) is 5.75 Å². The summed E-state index contributed by atoms with van der Waals surface area (Å²) >= 11 is 0. The van der Waals surface area contributed by atoms with Crippen molar-refractivity contribution in [3.05, 3.63) is 28.8 Å². The monoisotopic (exact) mass is 193 g/mol. The van der Waals surface area contributed by atoms with E-state index in [9.17, 15) is 9.90 Å². The number of aryl methyl sites for hydroxylation is 1. The summed E-state index contributed by atoms with van der Waals surface area (Å²) in [5, 5.41) is 9.76. The maximum Gasteiger partial charge on any atom is 0.153 e. The van der Waals surface area contributed by atoms with Crippen LogP contribution in [0.4, 0.5) is 0 Å². The summed E-state index contributed by atoms with van der Waals surface area (Å²) in [5.41, 5.74) is 2.17. The molecule has 76 valence electrons. The maximum atomic E-state index is 10.6. The van der Waals surface area contributed by atoms with E-state index >= 15 is 0 Å². The van der Waals surface area contributed by atoms with Crippen LogP contribution in [0, 0.1) is 6.92 Å². The standard InChI is InChI=1S/C11H15NO2/c1-8-4-5-9(7-13)11(14)10(8)6-12(2)3/h4-5,7,14H,6H2,1-3H3. The average Bonchev–Trinajstić information content (AvgIpc) is 2.12. The number of benzene rings is 1. The molecule has 3 nitrogen and oxygen atoms in total. The first-order valence-electron chi connectivity index (χ1n) is 4.47. The van der Waals surface area contributed by atoms with Crippen molar-refractivity contribution in [1.29, 1.82) is 0 Å². The third-order valence-corrected chi connectivity index (χ3v) is 2.15. The Hall–Kier alpha value is -1.35. The second-order valence-corrected chi connectivity index (χ2v) is 3.65. The van der Waals surface area contributed by atoms with E-state index in [1.165, 1.54) is 0 Å². The van der Waals surface area contributed by atoms with Gasteiger partial charge in [0.25, 0.3) is 0 Å². The molecule has 0 aliphatic carbocycles. The Balaban J connectivity index is 3.18. The molecular formula is C11H15NO2. The minimum absolute atomic E-state index is 0.105. The van der Waals surface area contributed by atoms with Gasteiger partial charge in [-0.15, -0.1) is 0 Å². The van der Waals surface area contributed by atoms with Gasteiger partial charge in [-0.1, -0.05) is 6.07 Å². The van der Waals surface area contributed by atoms with E-state index in [0.717, 1.165) is 11.1 Å².